The van der Waals surface area contributed by atoms with E-state index < -0.39 is 5.91 Å². The third kappa shape index (κ3) is 2.35. The molecule has 4 N–H and O–H groups in total. The van der Waals surface area contributed by atoms with Gasteiger partial charge in [-0.3, -0.25) is 4.79 Å². The maximum absolute atomic E-state index is 10.8. The molecule has 0 unspecified atom stereocenters. The fourth-order valence-electron chi connectivity index (χ4n) is 1.21. The van der Waals surface area contributed by atoms with Gasteiger partial charge >= 0.3 is 0 Å². The van der Waals surface area contributed by atoms with E-state index in [9.17, 15) is 4.79 Å². The number of imidazole rings is 1. The second kappa shape index (κ2) is 4.43. The molecule has 82 valence electrons. The summed E-state index contributed by atoms with van der Waals surface area (Å²) >= 11 is 0. The Kier molecular flexibility index (Phi) is 2.81. The van der Waals surface area contributed by atoms with Crippen molar-refractivity contribution in [3.8, 4) is 0 Å². The Hall–Kier alpha value is -2.37. The molecule has 0 radical (unpaired) electrons. The molecule has 2 aromatic heterocycles. The van der Waals surface area contributed by atoms with Crippen LogP contribution in [0.15, 0.2) is 30.9 Å². The molecule has 0 fully saturated rings. The lowest BCUT2D eigenvalue weighted by atomic mass is 10.3. The lowest BCUT2D eigenvalue weighted by molar-refractivity contribution is 0.1000. The van der Waals surface area contributed by atoms with E-state index in [1.807, 2.05) is 0 Å². The van der Waals surface area contributed by atoms with Crippen LogP contribution >= 0.6 is 0 Å². The monoisotopic (exact) mass is 217 g/mol. The fourth-order valence-corrected chi connectivity index (χ4v) is 1.21. The van der Waals surface area contributed by atoms with Gasteiger partial charge in [0.2, 0.25) is 5.91 Å². The number of H-pyrrole nitrogens is 1. The molecule has 2 rings (SSSR count). The predicted molar refractivity (Wildman–Crippen MR) is 58.7 cm³/mol. The van der Waals surface area contributed by atoms with E-state index in [1.165, 1.54) is 6.20 Å². The fraction of sp³-hybridized carbons (Fsp3) is 0.100. The Balaban J connectivity index is 1.98. The van der Waals surface area contributed by atoms with Gasteiger partial charge in [0.25, 0.3) is 0 Å². The van der Waals surface area contributed by atoms with Gasteiger partial charge in [-0.25, -0.2) is 9.97 Å². The molecule has 0 saturated heterocycles. The molecule has 16 heavy (non-hydrogen) atoms. The Labute approximate surface area is 91.9 Å². The quantitative estimate of drug-likeness (QED) is 0.695. The van der Waals surface area contributed by atoms with E-state index in [1.54, 1.807) is 24.7 Å². The minimum atomic E-state index is -0.479. The van der Waals surface area contributed by atoms with Crippen LogP contribution in [0, 0.1) is 0 Å². The van der Waals surface area contributed by atoms with Gasteiger partial charge in [-0.1, -0.05) is 0 Å². The van der Waals surface area contributed by atoms with Crippen LogP contribution < -0.4 is 11.1 Å². The summed E-state index contributed by atoms with van der Waals surface area (Å²) in [5.74, 6) is 0.201. The molecule has 0 spiro atoms. The molecular weight excluding hydrogens is 206 g/mol. The first kappa shape index (κ1) is 10.2. The third-order valence-corrected chi connectivity index (χ3v) is 2.06. The van der Waals surface area contributed by atoms with E-state index in [-0.39, 0.29) is 0 Å². The van der Waals surface area contributed by atoms with E-state index in [2.05, 4.69) is 20.3 Å². The number of carbonyl (C=O) groups is 1. The molecule has 0 bridgehead atoms. The highest BCUT2D eigenvalue weighted by Crippen LogP contribution is 2.05. The molecule has 0 aliphatic carbocycles. The van der Waals surface area contributed by atoms with Crippen LogP contribution in [-0.2, 0) is 6.54 Å². The van der Waals surface area contributed by atoms with Crippen molar-refractivity contribution in [1.29, 1.82) is 0 Å². The zero-order valence-corrected chi connectivity index (χ0v) is 8.47. The number of primary amides is 1. The minimum Gasteiger partial charge on any atom is -0.366 e. The molecule has 0 saturated carbocycles. The molecule has 0 aromatic carbocycles. The average molecular weight is 217 g/mol. The van der Waals surface area contributed by atoms with E-state index in [4.69, 9.17) is 5.73 Å². The van der Waals surface area contributed by atoms with Crippen molar-refractivity contribution in [3.63, 3.8) is 0 Å². The van der Waals surface area contributed by atoms with Crippen molar-refractivity contribution >= 4 is 11.7 Å². The zero-order chi connectivity index (χ0) is 11.4. The number of hydrogen-bond donors (Lipinski definition) is 3. The van der Waals surface area contributed by atoms with Gasteiger partial charge in [-0.15, -0.1) is 0 Å². The van der Waals surface area contributed by atoms with Gasteiger partial charge in [0.15, 0.2) is 0 Å². The minimum absolute atomic E-state index is 0.395. The van der Waals surface area contributed by atoms with Crippen molar-refractivity contribution in [2.45, 2.75) is 6.54 Å². The SMILES string of the molecule is NC(=O)c1ccc(NCc2cnc[nH]2)nc1. The highest BCUT2D eigenvalue weighted by Gasteiger charge is 2.00. The van der Waals surface area contributed by atoms with Crippen molar-refractivity contribution in [3.05, 3.63) is 42.1 Å². The summed E-state index contributed by atoms with van der Waals surface area (Å²) < 4.78 is 0. The summed E-state index contributed by atoms with van der Waals surface area (Å²) in [6, 6.07) is 3.33. The van der Waals surface area contributed by atoms with Gasteiger partial charge in [0.05, 0.1) is 24.1 Å². The van der Waals surface area contributed by atoms with Crippen LogP contribution in [0.3, 0.4) is 0 Å². The number of anilines is 1. The number of carbonyl (C=O) groups excluding carboxylic acids is 1. The van der Waals surface area contributed by atoms with E-state index >= 15 is 0 Å². The van der Waals surface area contributed by atoms with Gasteiger partial charge < -0.3 is 16.0 Å². The van der Waals surface area contributed by atoms with Gasteiger partial charge in [0.1, 0.15) is 5.82 Å². The number of hydrogen-bond acceptors (Lipinski definition) is 4. The highest BCUT2D eigenvalue weighted by atomic mass is 16.1. The normalized spacial score (nSPS) is 10.0. The van der Waals surface area contributed by atoms with Crippen molar-refractivity contribution in [2.24, 2.45) is 5.73 Å². The van der Waals surface area contributed by atoms with Crippen molar-refractivity contribution in [1.82, 2.24) is 15.0 Å². The Morgan fingerprint density at radius 1 is 1.44 bits per heavy atom. The van der Waals surface area contributed by atoms with Crippen LogP contribution in [0.4, 0.5) is 5.82 Å². The Morgan fingerprint density at radius 2 is 2.31 bits per heavy atom. The van der Waals surface area contributed by atoms with Crippen LogP contribution in [0.2, 0.25) is 0 Å². The molecule has 0 aliphatic heterocycles. The number of nitrogens with one attached hydrogen (secondary N) is 2. The van der Waals surface area contributed by atoms with Gasteiger partial charge in [-0.05, 0) is 12.1 Å². The van der Waals surface area contributed by atoms with Crippen molar-refractivity contribution in [2.75, 3.05) is 5.32 Å². The lowest BCUT2D eigenvalue weighted by Crippen LogP contribution is -2.11. The Morgan fingerprint density at radius 3 is 2.88 bits per heavy atom. The Bertz CT molecular complexity index is 462. The second-order valence-corrected chi connectivity index (χ2v) is 3.23. The third-order valence-electron chi connectivity index (χ3n) is 2.06. The average Bonchev–Trinajstić information content (AvgIpc) is 2.80. The summed E-state index contributed by atoms with van der Waals surface area (Å²) in [5.41, 5.74) is 6.46. The first-order valence-electron chi connectivity index (χ1n) is 4.72. The smallest absolute Gasteiger partial charge is 0.250 e. The maximum Gasteiger partial charge on any atom is 0.250 e. The molecular formula is C10H11N5O. The van der Waals surface area contributed by atoms with Crippen LogP contribution in [0.1, 0.15) is 16.1 Å². The molecule has 2 aromatic rings. The van der Waals surface area contributed by atoms with Gasteiger partial charge in [-0.2, -0.15) is 0 Å². The van der Waals surface area contributed by atoms with Gasteiger partial charge in [0, 0.05) is 12.4 Å². The predicted octanol–water partition coefficient (Wildman–Crippen LogP) is 0.516. The zero-order valence-electron chi connectivity index (χ0n) is 8.47. The number of pyridine rings is 1. The largest absolute Gasteiger partial charge is 0.366 e. The number of aromatic amines is 1. The van der Waals surface area contributed by atoms with Crippen LogP contribution in [0.5, 0.6) is 0 Å². The first-order valence-corrected chi connectivity index (χ1v) is 4.72. The summed E-state index contributed by atoms with van der Waals surface area (Å²) in [7, 11) is 0. The number of aromatic nitrogens is 3. The summed E-state index contributed by atoms with van der Waals surface area (Å²) in [6.07, 6.45) is 4.78. The first-order chi connectivity index (χ1) is 7.75. The topological polar surface area (TPSA) is 96.7 Å². The highest BCUT2D eigenvalue weighted by molar-refractivity contribution is 5.92. The second-order valence-electron chi connectivity index (χ2n) is 3.23. The van der Waals surface area contributed by atoms with E-state index in [0.717, 1.165) is 5.69 Å². The number of nitrogens with zero attached hydrogens (tertiary/aromatic N) is 2. The summed E-state index contributed by atoms with van der Waals surface area (Å²) in [5, 5.41) is 3.08. The molecule has 6 nitrogen and oxygen atoms in total. The van der Waals surface area contributed by atoms with Crippen LogP contribution in [0.25, 0.3) is 0 Å². The number of nitrogens with two attached hydrogens (primary N) is 1. The summed E-state index contributed by atoms with van der Waals surface area (Å²) in [4.78, 5) is 21.7. The van der Waals surface area contributed by atoms with E-state index in [0.29, 0.717) is 17.9 Å². The molecule has 6 heteroatoms. The van der Waals surface area contributed by atoms with Crippen LogP contribution in [-0.4, -0.2) is 20.9 Å². The molecule has 1 amide bonds. The standard InChI is InChI=1S/C10H11N5O/c11-10(16)7-1-2-9(13-3-7)14-5-8-4-12-6-15-8/h1-4,6H,5H2,(H2,11,16)(H,12,15)(H,13,14). The maximum atomic E-state index is 10.8. The number of amides is 1. The number of rotatable bonds is 4. The summed E-state index contributed by atoms with van der Waals surface area (Å²) in [6.45, 7) is 0.600. The lowest BCUT2D eigenvalue weighted by Gasteiger charge is -2.03. The molecule has 2 heterocycles. The van der Waals surface area contributed by atoms with Crippen molar-refractivity contribution < 1.29 is 4.79 Å². The molecule has 0 aliphatic rings. The molecule has 0 atom stereocenters.